The Morgan fingerprint density at radius 3 is 2.52 bits per heavy atom. The maximum Gasteiger partial charge on any atom is 0.227 e. The van der Waals surface area contributed by atoms with E-state index in [1.165, 1.54) is 0 Å². The van der Waals surface area contributed by atoms with Gasteiger partial charge in [0.25, 0.3) is 0 Å². The molecular weight excluding hydrogens is 336 g/mol. The standard InChI is InChI=1S/C19H17ClN4O/c20-16-8-6-14(7-9-16)10-19(25)23-11-17(12-23)24-13-18(21-22-24)15-4-2-1-3-5-15/h1-9,13,17H,10-12H2. The molecule has 2 heterocycles. The van der Waals surface area contributed by atoms with Gasteiger partial charge >= 0.3 is 0 Å². The lowest BCUT2D eigenvalue weighted by Gasteiger charge is -2.39. The number of halogens is 1. The lowest BCUT2D eigenvalue weighted by molar-refractivity contribution is -0.136. The third-order valence-corrected chi connectivity index (χ3v) is 4.69. The summed E-state index contributed by atoms with van der Waals surface area (Å²) in [4.78, 5) is 14.2. The van der Waals surface area contributed by atoms with E-state index in [0.717, 1.165) is 16.8 Å². The summed E-state index contributed by atoms with van der Waals surface area (Å²) >= 11 is 5.87. The van der Waals surface area contributed by atoms with Gasteiger partial charge in [-0.1, -0.05) is 59.3 Å². The fraction of sp³-hybridized carbons (Fsp3) is 0.211. The summed E-state index contributed by atoms with van der Waals surface area (Å²) in [5, 5.41) is 9.13. The molecule has 4 rings (SSSR count). The highest BCUT2D eigenvalue weighted by Crippen LogP contribution is 2.24. The minimum atomic E-state index is 0.127. The Morgan fingerprint density at radius 2 is 1.80 bits per heavy atom. The van der Waals surface area contributed by atoms with Gasteiger partial charge in [-0.05, 0) is 17.7 Å². The Morgan fingerprint density at radius 1 is 1.08 bits per heavy atom. The lowest BCUT2D eigenvalue weighted by atomic mass is 10.1. The van der Waals surface area contributed by atoms with Crippen LogP contribution in [0.2, 0.25) is 5.02 Å². The van der Waals surface area contributed by atoms with Crippen LogP contribution < -0.4 is 0 Å². The van der Waals surface area contributed by atoms with Crippen molar-refractivity contribution in [3.05, 3.63) is 71.4 Å². The fourth-order valence-electron chi connectivity index (χ4n) is 2.91. The van der Waals surface area contributed by atoms with E-state index in [0.29, 0.717) is 24.5 Å². The van der Waals surface area contributed by atoms with Crippen molar-refractivity contribution in [3.63, 3.8) is 0 Å². The molecule has 5 nitrogen and oxygen atoms in total. The van der Waals surface area contributed by atoms with Crippen LogP contribution in [0.5, 0.6) is 0 Å². The van der Waals surface area contributed by atoms with Gasteiger partial charge in [-0.3, -0.25) is 4.79 Å². The smallest absolute Gasteiger partial charge is 0.227 e. The van der Waals surface area contributed by atoms with E-state index in [2.05, 4.69) is 10.3 Å². The van der Waals surface area contributed by atoms with E-state index >= 15 is 0 Å². The summed E-state index contributed by atoms with van der Waals surface area (Å²) in [5.41, 5.74) is 2.88. The molecule has 0 bridgehead atoms. The molecular formula is C19H17ClN4O. The van der Waals surface area contributed by atoms with Crippen molar-refractivity contribution >= 4 is 17.5 Å². The molecule has 0 spiro atoms. The molecule has 0 aliphatic carbocycles. The molecule has 0 unspecified atom stereocenters. The number of amides is 1. The molecule has 0 N–H and O–H groups in total. The minimum absolute atomic E-state index is 0.127. The number of hydrogen-bond donors (Lipinski definition) is 0. The SMILES string of the molecule is O=C(Cc1ccc(Cl)cc1)N1CC(n2cc(-c3ccccc3)nn2)C1. The van der Waals surface area contributed by atoms with Crippen LogP contribution in [0.3, 0.4) is 0 Å². The van der Waals surface area contributed by atoms with Crippen molar-refractivity contribution in [2.45, 2.75) is 12.5 Å². The van der Waals surface area contributed by atoms with Gasteiger partial charge in [-0.15, -0.1) is 5.10 Å². The second-order valence-electron chi connectivity index (χ2n) is 6.21. The van der Waals surface area contributed by atoms with Crippen molar-refractivity contribution in [1.29, 1.82) is 0 Å². The van der Waals surface area contributed by atoms with Crippen LogP contribution in [0.4, 0.5) is 0 Å². The van der Waals surface area contributed by atoms with Gasteiger partial charge in [0.05, 0.1) is 18.7 Å². The van der Waals surface area contributed by atoms with E-state index in [1.54, 1.807) is 0 Å². The predicted molar refractivity (Wildman–Crippen MR) is 96.2 cm³/mol. The Balaban J connectivity index is 1.35. The van der Waals surface area contributed by atoms with Crippen molar-refractivity contribution in [3.8, 4) is 11.3 Å². The molecule has 1 saturated heterocycles. The summed E-state index contributed by atoms with van der Waals surface area (Å²) in [7, 11) is 0. The van der Waals surface area contributed by atoms with Crippen LogP contribution >= 0.6 is 11.6 Å². The molecule has 3 aromatic rings. The van der Waals surface area contributed by atoms with Crippen molar-refractivity contribution in [1.82, 2.24) is 19.9 Å². The predicted octanol–water partition coefficient (Wildman–Crippen LogP) is 3.22. The van der Waals surface area contributed by atoms with E-state index in [4.69, 9.17) is 11.6 Å². The first-order valence-corrected chi connectivity index (χ1v) is 8.56. The Labute approximate surface area is 150 Å². The highest BCUT2D eigenvalue weighted by atomic mass is 35.5. The first kappa shape index (κ1) is 15.8. The van der Waals surface area contributed by atoms with Gasteiger partial charge in [-0.25, -0.2) is 4.68 Å². The van der Waals surface area contributed by atoms with E-state index in [9.17, 15) is 4.79 Å². The van der Waals surface area contributed by atoms with E-state index < -0.39 is 0 Å². The van der Waals surface area contributed by atoms with Crippen LogP contribution in [0.1, 0.15) is 11.6 Å². The number of benzene rings is 2. The molecule has 6 heteroatoms. The molecule has 126 valence electrons. The van der Waals surface area contributed by atoms with Crippen molar-refractivity contribution < 1.29 is 4.79 Å². The van der Waals surface area contributed by atoms with Crippen LogP contribution in [-0.2, 0) is 11.2 Å². The Bertz CT molecular complexity index is 870. The zero-order chi connectivity index (χ0) is 17.2. The number of likely N-dealkylation sites (tertiary alicyclic amines) is 1. The maximum absolute atomic E-state index is 12.3. The number of carbonyl (C=O) groups is 1. The van der Waals surface area contributed by atoms with Gasteiger partial charge in [0.15, 0.2) is 0 Å². The fourth-order valence-corrected chi connectivity index (χ4v) is 3.04. The molecule has 0 atom stereocenters. The second kappa shape index (κ2) is 6.69. The van der Waals surface area contributed by atoms with Crippen LogP contribution in [0, 0.1) is 0 Å². The molecule has 1 aromatic heterocycles. The average Bonchev–Trinajstić information content (AvgIpc) is 3.06. The largest absolute Gasteiger partial charge is 0.338 e. The molecule has 1 aliphatic rings. The van der Waals surface area contributed by atoms with Crippen molar-refractivity contribution in [2.75, 3.05) is 13.1 Å². The molecule has 2 aromatic carbocycles. The summed E-state index contributed by atoms with van der Waals surface area (Å²) in [6.07, 6.45) is 2.34. The lowest BCUT2D eigenvalue weighted by Crippen LogP contribution is -2.51. The van der Waals surface area contributed by atoms with Gasteiger partial charge in [0, 0.05) is 23.7 Å². The molecule has 1 amide bonds. The quantitative estimate of drug-likeness (QED) is 0.724. The highest BCUT2D eigenvalue weighted by Gasteiger charge is 2.32. The average molecular weight is 353 g/mol. The van der Waals surface area contributed by atoms with E-state index in [-0.39, 0.29) is 11.9 Å². The first-order valence-electron chi connectivity index (χ1n) is 8.18. The number of rotatable bonds is 4. The second-order valence-corrected chi connectivity index (χ2v) is 6.64. The summed E-state index contributed by atoms with van der Waals surface area (Å²) < 4.78 is 1.86. The zero-order valence-electron chi connectivity index (χ0n) is 13.5. The third kappa shape index (κ3) is 3.42. The molecule has 1 aliphatic heterocycles. The van der Waals surface area contributed by atoms with Crippen LogP contribution in [-0.4, -0.2) is 38.9 Å². The monoisotopic (exact) mass is 352 g/mol. The first-order chi connectivity index (χ1) is 12.2. The van der Waals surface area contributed by atoms with Crippen LogP contribution in [0.15, 0.2) is 60.8 Å². The van der Waals surface area contributed by atoms with Gasteiger partial charge in [0.2, 0.25) is 5.91 Å². The van der Waals surface area contributed by atoms with E-state index in [1.807, 2.05) is 70.4 Å². The molecule has 0 saturated carbocycles. The highest BCUT2D eigenvalue weighted by molar-refractivity contribution is 6.30. The summed E-state index contributed by atoms with van der Waals surface area (Å²) in [6, 6.07) is 17.6. The topological polar surface area (TPSA) is 51.0 Å². The van der Waals surface area contributed by atoms with Crippen LogP contribution in [0.25, 0.3) is 11.3 Å². The number of carbonyl (C=O) groups excluding carboxylic acids is 1. The Hall–Kier alpha value is -2.66. The van der Waals surface area contributed by atoms with Gasteiger partial charge in [-0.2, -0.15) is 0 Å². The molecule has 0 radical (unpaired) electrons. The number of nitrogens with zero attached hydrogens (tertiary/aromatic N) is 4. The van der Waals surface area contributed by atoms with Gasteiger partial charge < -0.3 is 4.90 Å². The molecule has 25 heavy (non-hydrogen) atoms. The maximum atomic E-state index is 12.3. The zero-order valence-corrected chi connectivity index (χ0v) is 14.3. The normalized spacial score (nSPS) is 14.4. The van der Waals surface area contributed by atoms with Crippen molar-refractivity contribution in [2.24, 2.45) is 0 Å². The van der Waals surface area contributed by atoms with Gasteiger partial charge in [0.1, 0.15) is 5.69 Å². The third-order valence-electron chi connectivity index (χ3n) is 4.44. The number of aromatic nitrogens is 3. The Kier molecular flexibility index (Phi) is 4.24. The number of hydrogen-bond acceptors (Lipinski definition) is 3. The minimum Gasteiger partial charge on any atom is -0.338 e. The summed E-state index contributed by atoms with van der Waals surface area (Å²) in [6.45, 7) is 1.34. The molecule has 1 fully saturated rings. The summed E-state index contributed by atoms with van der Waals surface area (Å²) in [5.74, 6) is 0.127.